The number of nitrogens with one attached hydrogen (secondary N) is 1. The Morgan fingerprint density at radius 1 is 1.33 bits per heavy atom. The maximum absolute atomic E-state index is 11.8. The van der Waals surface area contributed by atoms with Crippen molar-refractivity contribution in [3.05, 3.63) is 41.7 Å². The van der Waals surface area contributed by atoms with Crippen molar-refractivity contribution in [1.82, 2.24) is 15.1 Å². The Hall–Kier alpha value is -2.18. The molecule has 2 aromatic rings. The van der Waals surface area contributed by atoms with E-state index in [-0.39, 0.29) is 12.2 Å². The van der Waals surface area contributed by atoms with Crippen molar-refractivity contribution in [3.63, 3.8) is 0 Å². The highest BCUT2D eigenvalue weighted by atomic mass is 16.7. The third-order valence-corrected chi connectivity index (χ3v) is 4.55. The molecular weight excluding hydrogens is 306 g/mol. The average molecular weight is 327 g/mol. The second-order valence-corrected chi connectivity index (χ2v) is 6.17. The van der Waals surface area contributed by atoms with Gasteiger partial charge in [-0.1, -0.05) is 12.1 Å². The van der Waals surface area contributed by atoms with Crippen LogP contribution < -0.4 is 5.32 Å². The highest BCUT2D eigenvalue weighted by Gasteiger charge is 2.22. The van der Waals surface area contributed by atoms with Gasteiger partial charge in [-0.3, -0.25) is 9.48 Å². The van der Waals surface area contributed by atoms with Gasteiger partial charge in [0.15, 0.2) is 6.29 Å². The van der Waals surface area contributed by atoms with Gasteiger partial charge in [0.1, 0.15) is 0 Å². The van der Waals surface area contributed by atoms with Gasteiger partial charge >= 0.3 is 0 Å². The number of hydrogen-bond donors (Lipinski definition) is 1. The largest absolute Gasteiger partial charge is 0.353 e. The number of carbonyl (C=O) groups is 1. The van der Waals surface area contributed by atoms with Crippen LogP contribution in [0, 0.1) is 0 Å². The van der Waals surface area contributed by atoms with Crippen molar-refractivity contribution in [3.8, 4) is 11.1 Å². The van der Waals surface area contributed by atoms with Crippen LogP contribution in [0.25, 0.3) is 11.1 Å². The third-order valence-electron chi connectivity index (χ3n) is 4.55. The van der Waals surface area contributed by atoms with Crippen molar-refractivity contribution in [2.75, 3.05) is 13.2 Å². The molecule has 0 saturated carbocycles. The fraction of sp³-hybridized carbons (Fsp3) is 0.444. The monoisotopic (exact) mass is 327 g/mol. The third kappa shape index (κ3) is 3.07. The van der Waals surface area contributed by atoms with Crippen LogP contribution in [0.4, 0.5) is 0 Å². The van der Waals surface area contributed by atoms with E-state index in [4.69, 9.17) is 9.47 Å². The summed E-state index contributed by atoms with van der Waals surface area (Å²) in [5.74, 6) is 0.000115. The van der Waals surface area contributed by atoms with Gasteiger partial charge in [-0.05, 0) is 36.5 Å². The molecule has 6 heteroatoms. The summed E-state index contributed by atoms with van der Waals surface area (Å²) in [5.41, 5.74) is 3.90. The summed E-state index contributed by atoms with van der Waals surface area (Å²) in [5, 5.41) is 7.28. The number of ether oxygens (including phenoxy) is 2. The van der Waals surface area contributed by atoms with Gasteiger partial charge in [0.05, 0.1) is 19.3 Å². The number of rotatable bonds is 5. The second-order valence-electron chi connectivity index (χ2n) is 6.17. The molecule has 2 aliphatic heterocycles. The summed E-state index contributed by atoms with van der Waals surface area (Å²) < 4.78 is 13.2. The summed E-state index contributed by atoms with van der Waals surface area (Å²) in [7, 11) is 0. The van der Waals surface area contributed by atoms with E-state index in [1.165, 1.54) is 6.42 Å². The maximum atomic E-state index is 11.8. The van der Waals surface area contributed by atoms with E-state index in [1.807, 2.05) is 35.3 Å². The number of aromatic nitrogens is 2. The zero-order valence-electron chi connectivity index (χ0n) is 13.5. The average Bonchev–Trinajstić information content (AvgIpc) is 3.23. The molecule has 3 heterocycles. The lowest BCUT2D eigenvalue weighted by Gasteiger charge is -2.22. The molecule has 1 atom stereocenters. The number of carbonyl (C=O) groups excluding carboxylic acids is 1. The van der Waals surface area contributed by atoms with Crippen molar-refractivity contribution in [2.45, 2.75) is 38.6 Å². The topological polar surface area (TPSA) is 65.4 Å². The molecular formula is C18H21N3O3. The smallest absolute Gasteiger partial charge is 0.251 e. The quantitative estimate of drug-likeness (QED) is 0.915. The van der Waals surface area contributed by atoms with Crippen LogP contribution in [-0.4, -0.2) is 35.2 Å². The first-order valence-corrected chi connectivity index (χ1v) is 8.47. The number of hydrogen-bond acceptors (Lipinski definition) is 4. The Morgan fingerprint density at radius 2 is 2.25 bits per heavy atom. The lowest BCUT2D eigenvalue weighted by atomic mass is 9.99. The first-order chi connectivity index (χ1) is 11.8. The SMILES string of the molecule is O=C1NCc2c1cccc2-c1cnn(CCOC2CCCCO2)c1. The van der Waals surface area contributed by atoms with Crippen molar-refractivity contribution in [2.24, 2.45) is 0 Å². The van der Waals surface area contributed by atoms with Gasteiger partial charge in [0.2, 0.25) is 0 Å². The first-order valence-electron chi connectivity index (χ1n) is 8.47. The minimum atomic E-state index is -0.0664. The molecule has 126 valence electrons. The van der Waals surface area contributed by atoms with Crippen LogP contribution in [0.1, 0.15) is 35.2 Å². The lowest BCUT2D eigenvalue weighted by molar-refractivity contribution is -0.163. The van der Waals surface area contributed by atoms with E-state index in [0.717, 1.165) is 41.7 Å². The van der Waals surface area contributed by atoms with E-state index in [2.05, 4.69) is 10.4 Å². The molecule has 1 amide bonds. The summed E-state index contributed by atoms with van der Waals surface area (Å²) in [6.07, 6.45) is 7.05. The molecule has 0 bridgehead atoms. The Morgan fingerprint density at radius 3 is 3.12 bits per heavy atom. The Bertz CT molecular complexity index is 735. The molecule has 0 aliphatic carbocycles. The van der Waals surface area contributed by atoms with Crippen LogP contribution >= 0.6 is 0 Å². The number of amides is 1. The van der Waals surface area contributed by atoms with E-state index in [0.29, 0.717) is 19.7 Å². The molecule has 1 aromatic heterocycles. The summed E-state index contributed by atoms with van der Waals surface area (Å²) >= 11 is 0. The van der Waals surface area contributed by atoms with Crippen molar-refractivity contribution in [1.29, 1.82) is 0 Å². The van der Waals surface area contributed by atoms with Crippen LogP contribution in [-0.2, 0) is 22.6 Å². The standard InChI is InChI=1S/C18H21N3O3/c22-18-15-5-3-4-14(16(15)11-19-18)13-10-20-21(12-13)7-9-24-17-6-1-2-8-23-17/h3-5,10,12,17H,1-2,6-9,11H2,(H,19,22). The second kappa shape index (κ2) is 6.75. The van der Waals surface area contributed by atoms with Crippen LogP contribution in [0.5, 0.6) is 0 Å². The number of benzene rings is 1. The predicted octanol–water partition coefficient (Wildman–Crippen LogP) is 2.34. The van der Waals surface area contributed by atoms with Gasteiger partial charge in [-0.25, -0.2) is 0 Å². The number of nitrogens with zero attached hydrogens (tertiary/aromatic N) is 2. The Balaban J connectivity index is 1.41. The van der Waals surface area contributed by atoms with E-state index < -0.39 is 0 Å². The summed E-state index contributed by atoms with van der Waals surface area (Å²) in [4.78, 5) is 11.8. The Kier molecular flexibility index (Phi) is 4.32. The molecule has 1 unspecified atom stereocenters. The fourth-order valence-corrected chi connectivity index (χ4v) is 3.27. The van der Waals surface area contributed by atoms with E-state index in [9.17, 15) is 4.79 Å². The van der Waals surface area contributed by atoms with Gasteiger partial charge in [0, 0.05) is 30.5 Å². The minimum Gasteiger partial charge on any atom is -0.353 e. The van der Waals surface area contributed by atoms with Crippen LogP contribution in [0.3, 0.4) is 0 Å². The van der Waals surface area contributed by atoms with Gasteiger partial charge < -0.3 is 14.8 Å². The van der Waals surface area contributed by atoms with Crippen LogP contribution in [0.15, 0.2) is 30.6 Å². The van der Waals surface area contributed by atoms with Crippen LogP contribution in [0.2, 0.25) is 0 Å². The zero-order valence-corrected chi connectivity index (χ0v) is 13.5. The first kappa shape index (κ1) is 15.4. The van der Waals surface area contributed by atoms with E-state index in [1.54, 1.807) is 0 Å². The fourth-order valence-electron chi connectivity index (χ4n) is 3.27. The van der Waals surface area contributed by atoms with Crippen molar-refractivity contribution >= 4 is 5.91 Å². The Labute approximate surface area is 140 Å². The highest BCUT2D eigenvalue weighted by Crippen LogP contribution is 2.28. The summed E-state index contributed by atoms with van der Waals surface area (Å²) in [6.45, 7) is 2.64. The lowest BCUT2D eigenvalue weighted by Crippen LogP contribution is -2.24. The highest BCUT2D eigenvalue weighted by molar-refractivity contribution is 6.00. The molecule has 1 aromatic carbocycles. The number of fused-ring (bicyclic) bond motifs is 1. The molecule has 1 fully saturated rings. The zero-order chi connectivity index (χ0) is 16.4. The molecule has 0 spiro atoms. The molecule has 6 nitrogen and oxygen atoms in total. The molecule has 24 heavy (non-hydrogen) atoms. The molecule has 1 N–H and O–H groups in total. The molecule has 1 saturated heterocycles. The minimum absolute atomic E-state index is 0.000115. The predicted molar refractivity (Wildman–Crippen MR) is 88.4 cm³/mol. The van der Waals surface area contributed by atoms with Gasteiger partial charge in [-0.2, -0.15) is 5.10 Å². The maximum Gasteiger partial charge on any atom is 0.251 e. The van der Waals surface area contributed by atoms with Crippen molar-refractivity contribution < 1.29 is 14.3 Å². The van der Waals surface area contributed by atoms with Gasteiger partial charge in [0.25, 0.3) is 5.91 Å². The van der Waals surface area contributed by atoms with Gasteiger partial charge in [-0.15, -0.1) is 0 Å². The summed E-state index contributed by atoms with van der Waals surface area (Å²) in [6, 6.07) is 5.82. The molecule has 2 aliphatic rings. The normalized spacial score (nSPS) is 20.0. The van der Waals surface area contributed by atoms with E-state index >= 15 is 0 Å². The molecule has 0 radical (unpaired) electrons. The molecule has 4 rings (SSSR count).